The second-order valence-corrected chi connectivity index (χ2v) is 9.29. The van der Waals surface area contributed by atoms with Crippen LogP contribution in [-0.2, 0) is 17.9 Å². The summed E-state index contributed by atoms with van der Waals surface area (Å²) in [7, 11) is 1.60. The zero-order valence-electron chi connectivity index (χ0n) is 19.3. The van der Waals surface area contributed by atoms with E-state index in [4.69, 9.17) is 4.74 Å². The van der Waals surface area contributed by atoms with E-state index < -0.39 is 0 Å². The van der Waals surface area contributed by atoms with E-state index in [1.807, 2.05) is 43.3 Å². The number of likely N-dealkylation sites (tertiary alicyclic amines) is 1. The predicted octanol–water partition coefficient (Wildman–Crippen LogP) is 4.36. The summed E-state index contributed by atoms with van der Waals surface area (Å²) in [6.07, 6.45) is 3.77. The Morgan fingerprint density at radius 3 is 2.61 bits per heavy atom. The smallest absolute Gasteiger partial charge is 0.234 e. The number of hydrogen-bond donors (Lipinski definition) is 1. The Kier molecular flexibility index (Phi) is 8.01. The van der Waals surface area contributed by atoms with Gasteiger partial charge in [0.05, 0.1) is 31.6 Å². The third kappa shape index (κ3) is 6.36. The molecule has 1 fully saturated rings. The van der Waals surface area contributed by atoms with E-state index in [2.05, 4.69) is 37.1 Å². The lowest BCUT2D eigenvalue weighted by Gasteiger charge is -2.26. The summed E-state index contributed by atoms with van der Waals surface area (Å²) in [6, 6.07) is 16.0. The van der Waals surface area contributed by atoms with Gasteiger partial charge in [0.1, 0.15) is 11.6 Å². The fourth-order valence-corrected chi connectivity index (χ4v) is 4.78. The van der Waals surface area contributed by atoms with E-state index in [1.165, 1.54) is 36.6 Å². The molecule has 3 aromatic rings. The van der Waals surface area contributed by atoms with Crippen LogP contribution in [0.3, 0.4) is 0 Å². The lowest BCUT2D eigenvalue weighted by Crippen LogP contribution is -2.30. The lowest BCUT2D eigenvalue weighted by atomic mass is 10.1. The molecular formula is C25H31N5O2S. The number of methoxy groups -OCH3 is 1. The number of benzene rings is 2. The maximum absolute atomic E-state index is 12.7. The molecule has 0 aliphatic carbocycles. The van der Waals surface area contributed by atoms with Gasteiger partial charge in [-0.3, -0.25) is 9.69 Å². The lowest BCUT2D eigenvalue weighted by molar-refractivity contribution is -0.113. The molecule has 1 amide bonds. The molecule has 0 bridgehead atoms. The number of nitrogens with zero attached hydrogens (tertiary/aromatic N) is 4. The molecule has 2 heterocycles. The molecular weight excluding hydrogens is 434 g/mol. The van der Waals surface area contributed by atoms with Crippen LogP contribution in [0.25, 0.3) is 0 Å². The molecule has 1 aliphatic rings. The molecule has 1 N–H and O–H groups in total. The average Bonchev–Trinajstić information content (AvgIpc) is 3.20. The van der Waals surface area contributed by atoms with Gasteiger partial charge in [0.15, 0.2) is 5.16 Å². The highest BCUT2D eigenvalue weighted by molar-refractivity contribution is 7.99. The average molecular weight is 466 g/mol. The maximum Gasteiger partial charge on any atom is 0.234 e. The van der Waals surface area contributed by atoms with Crippen molar-refractivity contribution in [3.05, 3.63) is 65.5 Å². The summed E-state index contributed by atoms with van der Waals surface area (Å²) in [5.74, 6) is 1.74. The second kappa shape index (κ2) is 11.3. The van der Waals surface area contributed by atoms with Crippen molar-refractivity contribution in [2.75, 3.05) is 31.3 Å². The van der Waals surface area contributed by atoms with E-state index in [0.717, 1.165) is 36.2 Å². The van der Waals surface area contributed by atoms with Crippen molar-refractivity contribution in [2.24, 2.45) is 0 Å². The van der Waals surface area contributed by atoms with Crippen LogP contribution in [0.2, 0.25) is 0 Å². The monoisotopic (exact) mass is 465 g/mol. The van der Waals surface area contributed by atoms with Gasteiger partial charge in [0, 0.05) is 0 Å². The Balaban J connectivity index is 1.47. The van der Waals surface area contributed by atoms with Gasteiger partial charge in [-0.15, -0.1) is 10.2 Å². The third-order valence-corrected chi connectivity index (χ3v) is 6.72. The fraction of sp³-hybridized carbons (Fsp3) is 0.400. The highest BCUT2D eigenvalue weighted by Gasteiger charge is 2.19. The predicted molar refractivity (Wildman–Crippen MR) is 132 cm³/mol. The number of rotatable bonds is 9. The minimum atomic E-state index is -0.101. The van der Waals surface area contributed by atoms with Crippen LogP contribution in [0.4, 0.5) is 5.69 Å². The molecule has 1 saturated heterocycles. The molecule has 8 heteroatoms. The molecule has 0 atom stereocenters. The van der Waals surface area contributed by atoms with Crippen molar-refractivity contribution in [3.63, 3.8) is 0 Å². The second-order valence-electron chi connectivity index (χ2n) is 8.35. The maximum atomic E-state index is 12.7. The number of piperidine rings is 1. The van der Waals surface area contributed by atoms with Crippen molar-refractivity contribution in [3.8, 4) is 5.75 Å². The summed E-state index contributed by atoms with van der Waals surface area (Å²) in [6.45, 7) is 5.66. The number of aryl methyl sites for hydroxylation is 1. The van der Waals surface area contributed by atoms with Crippen LogP contribution in [0.1, 0.15) is 36.2 Å². The van der Waals surface area contributed by atoms with E-state index >= 15 is 0 Å². The summed E-state index contributed by atoms with van der Waals surface area (Å²) >= 11 is 1.41. The highest BCUT2D eigenvalue weighted by Crippen LogP contribution is 2.26. The first-order valence-electron chi connectivity index (χ1n) is 11.4. The minimum absolute atomic E-state index is 0.101. The van der Waals surface area contributed by atoms with Gasteiger partial charge >= 0.3 is 0 Å². The third-order valence-electron chi connectivity index (χ3n) is 5.75. The number of ether oxygens (including phenoxy) is 1. The first kappa shape index (κ1) is 23.3. The van der Waals surface area contributed by atoms with Gasteiger partial charge in [-0.05, 0) is 56.1 Å². The van der Waals surface area contributed by atoms with Crippen LogP contribution < -0.4 is 10.1 Å². The van der Waals surface area contributed by atoms with Gasteiger partial charge in [0.2, 0.25) is 5.91 Å². The molecule has 7 nitrogen and oxygen atoms in total. The number of carbonyl (C=O) groups excluding carboxylic acids is 1. The number of aromatic nitrogens is 3. The van der Waals surface area contributed by atoms with Crippen LogP contribution in [-0.4, -0.2) is 51.5 Å². The van der Waals surface area contributed by atoms with Gasteiger partial charge < -0.3 is 14.6 Å². The van der Waals surface area contributed by atoms with Gasteiger partial charge in [-0.25, -0.2) is 0 Å². The molecule has 0 radical (unpaired) electrons. The summed E-state index contributed by atoms with van der Waals surface area (Å²) in [5, 5.41) is 12.7. The van der Waals surface area contributed by atoms with Crippen LogP contribution in [0.5, 0.6) is 5.75 Å². The summed E-state index contributed by atoms with van der Waals surface area (Å²) in [4.78, 5) is 15.1. The zero-order chi connectivity index (χ0) is 23.0. The van der Waals surface area contributed by atoms with Crippen LogP contribution in [0, 0.1) is 6.92 Å². The minimum Gasteiger partial charge on any atom is -0.495 e. The van der Waals surface area contributed by atoms with Gasteiger partial charge in [-0.1, -0.05) is 54.6 Å². The Labute approximate surface area is 199 Å². The van der Waals surface area contributed by atoms with Crippen molar-refractivity contribution in [1.29, 1.82) is 0 Å². The van der Waals surface area contributed by atoms with Crippen molar-refractivity contribution in [1.82, 2.24) is 19.7 Å². The first-order valence-corrected chi connectivity index (χ1v) is 12.4. The normalized spacial score (nSPS) is 14.2. The Hall–Kier alpha value is -2.84. The van der Waals surface area contributed by atoms with E-state index in [0.29, 0.717) is 18.0 Å². The van der Waals surface area contributed by atoms with E-state index in [-0.39, 0.29) is 11.7 Å². The van der Waals surface area contributed by atoms with Crippen LogP contribution in [0.15, 0.2) is 53.7 Å². The first-order chi connectivity index (χ1) is 16.1. The molecule has 4 rings (SSSR count). The summed E-state index contributed by atoms with van der Waals surface area (Å²) in [5.41, 5.74) is 2.93. The van der Waals surface area contributed by atoms with Gasteiger partial charge in [0.25, 0.3) is 0 Å². The number of thioether (sulfide) groups is 1. The molecule has 1 aromatic heterocycles. The zero-order valence-corrected chi connectivity index (χ0v) is 20.1. The number of hydrogen-bond acceptors (Lipinski definition) is 6. The molecule has 174 valence electrons. The molecule has 0 spiro atoms. The SMILES string of the molecule is COc1ccc(C)cc1NC(=O)CSc1nnc(CN2CCCCC2)n1Cc1ccccc1. The molecule has 0 saturated carbocycles. The number of amides is 1. The topological polar surface area (TPSA) is 72.3 Å². The number of carbonyl (C=O) groups is 1. The van der Waals surface area contributed by atoms with Crippen molar-refractivity contribution in [2.45, 2.75) is 44.4 Å². The standard InChI is InChI=1S/C25H31N5O2S/c1-19-11-12-22(32-2)21(15-19)26-24(31)18-33-25-28-27-23(17-29-13-7-4-8-14-29)30(25)16-20-9-5-3-6-10-20/h3,5-6,9-12,15H,4,7-8,13-14,16-18H2,1-2H3,(H,26,31). The molecule has 2 aromatic carbocycles. The Bertz CT molecular complexity index is 1060. The fourth-order valence-electron chi connectivity index (χ4n) is 4.02. The highest BCUT2D eigenvalue weighted by atomic mass is 32.2. The van der Waals surface area contributed by atoms with Crippen molar-refractivity contribution < 1.29 is 9.53 Å². The Morgan fingerprint density at radius 1 is 1.06 bits per heavy atom. The summed E-state index contributed by atoms with van der Waals surface area (Å²) < 4.78 is 7.52. The van der Waals surface area contributed by atoms with Crippen molar-refractivity contribution >= 4 is 23.4 Å². The van der Waals surface area contributed by atoms with E-state index in [9.17, 15) is 4.79 Å². The number of nitrogens with one attached hydrogen (secondary N) is 1. The number of anilines is 1. The molecule has 1 aliphatic heterocycles. The Morgan fingerprint density at radius 2 is 1.85 bits per heavy atom. The molecule has 33 heavy (non-hydrogen) atoms. The quantitative estimate of drug-likeness (QED) is 0.474. The molecule has 0 unspecified atom stereocenters. The van der Waals surface area contributed by atoms with E-state index in [1.54, 1.807) is 7.11 Å². The van der Waals surface area contributed by atoms with Gasteiger partial charge in [-0.2, -0.15) is 0 Å². The van der Waals surface area contributed by atoms with Crippen LogP contribution >= 0.6 is 11.8 Å². The largest absolute Gasteiger partial charge is 0.495 e.